The van der Waals surface area contributed by atoms with E-state index in [1.807, 2.05) is 13.0 Å². The largest absolute Gasteiger partial charge is 0.479 e. The van der Waals surface area contributed by atoms with Gasteiger partial charge < -0.3 is 19.5 Å². The maximum atomic E-state index is 12.4. The van der Waals surface area contributed by atoms with Crippen LogP contribution in [0.5, 0.6) is 11.5 Å². The lowest BCUT2D eigenvalue weighted by Gasteiger charge is -2.15. The average Bonchev–Trinajstić information content (AvgIpc) is 2.61. The van der Waals surface area contributed by atoms with Crippen LogP contribution in [-0.4, -0.2) is 31.2 Å². The number of alkyl halides is 2. The monoisotopic (exact) mass is 379 g/mol. The fourth-order valence-electron chi connectivity index (χ4n) is 2.15. The van der Waals surface area contributed by atoms with Crippen LogP contribution in [0.1, 0.15) is 12.5 Å². The molecule has 0 fully saturated rings. The quantitative estimate of drug-likeness (QED) is 0.710. The molecule has 0 spiro atoms. The third kappa shape index (κ3) is 6.58. The summed E-state index contributed by atoms with van der Waals surface area (Å²) < 4.78 is 39.4. The van der Waals surface area contributed by atoms with E-state index in [0.717, 1.165) is 5.56 Å². The maximum Gasteiger partial charge on any atom is 0.387 e. The van der Waals surface area contributed by atoms with E-state index in [1.165, 1.54) is 31.2 Å². The van der Waals surface area contributed by atoms with E-state index in [9.17, 15) is 18.4 Å². The van der Waals surface area contributed by atoms with Crippen molar-refractivity contribution in [2.75, 3.05) is 11.9 Å². The summed E-state index contributed by atoms with van der Waals surface area (Å²) in [6.45, 7) is -0.242. The average molecular weight is 379 g/mol. The summed E-state index contributed by atoms with van der Waals surface area (Å²) in [6, 6.07) is 12.8. The van der Waals surface area contributed by atoms with Crippen LogP contribution in [0.4, 0.5) is 14.5 Å². The SMILES string of the molecule is Cc1cccc(O[C@@H](C)C(=O)OCC(=O)Nc2ccccc2OC(F)F)c1. The van der Waals surface area contributed by atoms with Gasteiger partial charge in [0.25, 0.3) is 5.91 Å². The molecule has 2 rings (SSSR count). The molecule has 1 N–H and O–H groups in total. The topological polar surface area (TPSA) is 73.9 Å². The fourth-order valence-corrected chi connectivity index (χ4v) is 2.15. The molecule has 0 radical (unpaired) electrons. The van der Waals surface area contributed by atoms with E-state index >= 15 is 0 Å². The number of rotatable bonds is 8. The smallest absolute Gasteiger partial charge is 0.387 e. The van der Waals surface area contributed by atoms with Gasteiger partial charge in [0.2, 0.25) is 0 Å². The highest BCUT2D eigenvalue weighted by Gasteiger charge is 2.18. The van der Waals surface area contributed by atoms with Crippen LogP contribution in [0.15, 0.2) is 48.5 Å². The summed E-state index contributed by atoms with van der Waals surface area (Å²) in [6.07, 6.45) is -0.922. The van der Waals surface area contributed by atoms with Crippen LogP contribution in [0.3, 0.4) is 0 Å². The van der Waals surface area contributed by atoms with E-state index in [1.54, 1.807) is 18.2 Å². The van der Waals surface area contributed by atoms with E-state index in [4.69, 9.17) is 9.47 Å². The van der Waals surface area contributed by atoms with Crippen molar-refractivity contribution in [3.8, 4) is 11.5 Å². The summed E-state index contributed by atoms with van der Waals surface area (Å²) in [5, 5.41) is 2.35. The first-order valence-electron chi connectivity index (χ1n) is 8.09. The summed E-state index contributed by atoms with van der Waals surface area (Å²) >= 11 is 0. The van der Waals surface area contributed by atoms with Crippen molar-refractivity contribution in [1.29, 1.82) is 0 Å². The zero-order chi connectivity index (χ0) is 19.8. The van der Waals surface area contributed by atoms with Crippen molar-refractivity contribution in [3.63, 3.8) is 0 Å². The molecule has 0 aromatic heterocycles. The number of hydrogen-bond acceptors (Lipinski definition) is 5. The Balaban J connectivity index is 1.85. The number of ether oxygens (including phenoxy) is 3. The van der Waals surface area contributed by atoms with E-state index in [-0.39, 0.29) is 11.4 Å². The fraction of sp³-hybridized carbons (Fsp3) is 0.263. The summed E-state index contributed by atoms with van der Waals surface area (Å²) in [5.41, 5.74) is 1.01. The first kappa shape index (κ1) is 20.2. The van der Waals surface area contributed by atoms with Gasteiger partial charge in [0.1, 0.15) is 11.5 Å². The van der Waals surface area contributed by atoms with Gasteiger partial charge in [-0.3, -0.25) is 4.79 Å². The van der Waals surface area contributed by atoms with Crippen LogP contribution >= 0.6 is 0 Å². The van der Waals surface area contributed by atoms with Crippen molar-refractivity contribution >= 4 is 17.6 Å². The Morgan fingerprint density at radius 3 is 2.52 bits per heavy atom. The lowest BCUT2D eigenvalue weighted by atomic mass is 10.2. The number of para-hydroxylation sites is 2. The van der Waals surface area contributed by atoms with Crippen LogP contribution in [0.25, 0.3) is 0 Å². The standard InChI is InChI=1S/C19H19F2NO5/c1-12-6-5-7-14(10-12)26-13(2)18(24)25-11-17(23)22-15-8-3-4-9-16(15)27-19(20)21/h3-10,13,19H,11H2,1-2H3,(H,22,23)/t13-/m0/s1. The van der Waals surface area contributed by atoms with Gasteiger partial charge in [0.05, 0.1) is 5.69 Å². The van der Waals surface area contributed by atoms with Gasteiger partial charge in [-0.1, -0.05) is 24.3 Å². The highest BCUT2D eigenvalue weighted by atomic mass is 19.3. The van der Waals surface area contributed by atoms with Crippen molar-refractivity contribution in [1.82, 2.24) is 0 Å². The number of aryl methyl sites for hydroxylation is 1. The van der Waals surface area contributed by atoms with Gasteiger partial charge in [-0.25, -0.2) is 4.79 Å². The van der Waals surface area contributed by atoms with Crippen molar-refractivity contribution < 1.29 is 32.6 Å². The highest BCUT2D eigenvalue weighted by molar-refractivity contribution is 5.94. The van der Waals surface area contributed by atoms with Gasteiger partial charge in [0, 0.05) is 0 Å². The molecule has 0 saturated heterocycles. The van der Waals surface area contributed by atoms with Gasteiger partial charge in [-0.2, -0.15) is 8.78 Å². The predicted octanol–water partition coefficient (Wildman–Crippen LogP) is 3.55. The molecule has 0 saturated carbocycles. The number of esters is 1. The Bertz CT molecular complexity index is 797. The number of amides is 1. The number of hydrogen-bond donors (Lipinski definition) is 1. The zero-order valence-electron chi connectivity index (χ0n) is 14.8. The lowest BCUT2D eigenvalue weighted by molar-refractivity contribution is -0.153. The Labute approximate surface area is 155 Å². The molecule has 2 aromatic rings. The number of carbonyl (C=O) groups excluding carboxylic acids is 2. The summed E-state index contributed by atoms with van der Waals surface area (Å²) in [4.78, 5) is 23.9. The second-order valence-corrected chi connectivity index (χ2v) is 5.61. The molecular formula is C19H19F2NO5. The normalized spacial score (nSPS) is 11.6. The highest BCUT2D eigenvalue weighted by Crippen LogP contribution is 2.25. The minimum atomic E-state index is -3.03. The van der Waals surface area contributed by atoms with Crippen LogP contribution < -0.4 is 14.8 Å². The molecule has 2 aromatic carbocycles. The third-order valence-corrected chi connectivity index (χ3v) is 3.36. The Kier molecular flexibility index (Phi) is 7.10. The van der Waals surface area contributed by atoms with E-state index in [2.05, 4.69) is 10.1 Å². The van der Waals surface area contributed by atoms with Gasteiger partial charge >= 0.3 is 12.6 Å². The van der Waals surface area contributed by atoms with Gasteiger partial charge in [-0.05, 0) is 43.7 Å². The molecule has 144 valence electrons. The van der Waals surface area contributed by atoms with Crippen molar-refractivity contribution in [3.05, 3.63) is 54.1 Å². The van der Waals surface area contributed by atoms with Gasteiger partial charge in [-0.15, -0.1) is 0 Å². The molecule has 1 atom stereocenters. The molecule has 0 aliphatic rings. The Morgan fingerprint density at radius 1 is 1.07 bits per heavy atom. The summed E-state index contributed by atoms with van der Waals surface area (Å²) in [5.74, 6) is -1.12. The molecule has 8 heteroatoms. The second-order valence-electron chi connectivity index (χ2n) is 5.61. The van der Waals surface area contributed by atoms with Crippen LogP contribution in [0, 0.1) is 6.92 Å². The number of anilines is 1. The number of carbonyl (C=O) groups is 2. The molecule has 0 heterocycles. The number of benzene rings is 2. The predicted molar refractivity (Wildman–Crippen MR) is 93.9 cm³/mol. The maximum absolute atomic E-state index is 12.4. The van der Waals surface area contributed by atoms with Gasteiger partial charge in [0.15, 0.2) is 12.7 Å². The van der Waals surface area contributed by atoms with Crippen molar-refractivity contribution in [2.45, 2.75) is 26.6 Å². The molecule has 0 bridgehead atoms. The molecular weight excluding hydrogens is 360 g/mol. The molecule has 27 heavy (non-hydrogen) atoms. The number of halogens is 2. The van der Waals surface area contributed by atoms with Crippen LogP contribution in [-0.2, 0) is 14.3 Å². The van der Waals surface area contributed by atoms with Crippen molar-refractivity contribution in [2.24, 2.45) is 0 Å². The third-order valence-electron chi connectivity index (χ3n) is 3.36. The second kappa shape index (κ2) is 9.51. The van der Waals surface area contributed by atoms with E-state index < -0.39 is 31.2 Å². The minimum Gasteiger partial charge on any atom is -0.479 e. The minimum absolute atomic E-state index is 0.0444. The lowest BCUT2D eigenvalue weighted by Crippen LogP contribution is -2.29. The first-order valence-corrected chi connectivity index (χ1v) is 8.09. The van der Waals surface area contributed by atoms with E-state index in [0.29, 0.717) is 5.75 Å². The molecule has 0 aliphatic carbocycles. The zero-order valence-corrected chi connectivity index (χ0v) is 14.8. The molecule has 1 amide bonds. The van der Waals surface area contributed by atoms with Crippen LogP contribution in [0.2, 0.25) is 0 Å². The molecule has 0 aliphatic heterocycles. The molecule has 0 unspecified atom stereocenters. The first-order chi connectivity index (χ1) is 12.8. The Morgan fingerprint density at radius 2 is 1.81 bits per heavy atom. The Hall–Kier alpha value is -3.16. The molecule has 6 nitrogen and oxygen atoms in total. The summed E-state index contributed by atoms with van der Waals surface area (Å²) in [7, 11) is 0. The number of nitrogens with one attached hydrogen (secondary N) is 1.